The molecule has 0 saturated carbocycles. The summed E-state index contributed by atoms with van der Waals surface area (Å²) in [5.41, 5.74) is 1.35. The minimum absolute atomic E-state index is 0.0451. The topological polar surface area (TPSA) is 63.9 Å². The van der Waals surface area contributed by atoms with E-state index in [0.717, 1.165) is 24.4 Å². The van der Waals surface area contributed by atoms with Gasteiger partial charge in [0.2, 0.25) is 0 Å². The number of benzene rings is 1. The van der Waals surface area contributed by atoms with Gasteiger partial charge >= 0.3 is 0 Å². The fourth-order valence-corrected chi connectivity index (χ4v) is 3.29. The lowest BCUT2D eigenvalue weighted by Gasteiger charge is -2.16. The number of amides is 1. The van der Waals surface area contributed by atoms with E-state index in [4.69, 9.17) is 0 Å². The number of imidazole rings is 1. The number of hydrogen-bond donors (Lipinski definition) is 0. The third-order valence-corrected chi connectivity index (χ3v) is 4.61. The average Bonchev–Trinajstić information content (AvgIpc) is 3.31. The van der Waals surface area contributed by atoms with Gasteiger partial charge in [0, 0.05) is 50.2 Å². The van der Waals surface area contributed by atoms with Gasteiger partial charge in [-0.3, -0.25) is 4.79 Å². The van der Waals surface area contributed by atoms with Crippen LogP contribution < -0.4 is 0 Å². The second-order valence-electron chi connectivity index (χ2n) is 6.26. The van der Waals surface area contributed by atoms with Crippen LogP contribution in [0.1, 0.15) is 28.7 Å². The fraction of sp³-hybridized carbons (Fsp3) is 0.263. The molecule has 3 aromatic rings. The number of likely N-dealkylation sites (tertiary alicyclic amines) is 1. The zero-order chi connectivity index (χ0) is 17.2. The highest BCUT2D eigenvalue weighted by Gasteiger charge is 2.30. The molecule has 1 unspecified atom stereocenters. The Labute approximate surface area is 146 Å². The monoisotopic (exact) mass is 333 g/mol. The van der Waals surface area contributed by atoms with Crippen molar-refractivity contribution in [3.8, 4) is 11.4 Å². The molecule has 0 radical (unpaired) electrons. The van der Waals surface area contributed by atoms with E-state index in [2.05, 4.69) is 15.0 Å². The van der Waals surface area contributed by atoms with Crippen molar-refractivity contribution in [3.05, 3.63) is 66.5 Å². The third-order valence-electron chi connectivity index (χ3n) is 4.61. The molecule has 1 saturated heterocycles. The maximum atomic E-state index is 12.8. The van der Waals surface area contributed by atoms with Crippen molar-refractivity contribution in [1.29, 1.82) is 0 Å². The Bertz CT molecular complexity index is 890. The van der Waals surface area contributed by atoms with Crippen molar-refractivity contribution in [2.75, 3.05) is 13.1 Å². The zero-order valence-corrected chi connectivity index (χ0v) is 14.0. The zero-order valence-electron chi connectivity index (χ0n) is 14.0. The smallest absolute Gasteiger partial charge is 0.272 e. The van der Waals surface area contributed by atoms with Crippen LogP contribution in [0.5, 0.6) is 0 Å². The van der Waals surface area contributed by atoms with Gasteiger partial charge in [-0.15, -0.1) is 0 Å². The Morgan fingerprint density at radius 2 is 1.96 bits per heavy atom. The number of hydrogen-bond acceptors (Lipinski definition) is 4. The molecule has 1 aromatic carbocycles. The van der Waals surface area contributed by atoms with Gasteiger partial charge in [-0.2, -0.15) is 0 Å². The van der Waals surface area contributed by atoms with Crippen molar-refractivity contribution in [3.63, 3.8) is 0 Å². The Morgan fingerprint density at radius 1 is 1.12 bits per heavy atom. The van der Waals surface area contributed by atoms with Crippen LogP contribution in [0.25, 0.3) is 11.4 Å². The molecule has 1 aliphatic rings. The summed E-state index contributed by atoms with van der Waals surface area (Å²) in [4.78, 5) is 27.9. The minimum atomic E-state index is -0.0451. The van der Waals surface area contributed by atoms with Crippen LogP contribution in [0.4, 0.5) is 0 Å². The summed E-state index contributed by atoms with van der Waals surface area (Å²) >= 11 is 0. The Hall–Kier alpha value is -3.02. The summed E-state index contributed by atoms with van der Waals surface area (Å²) in [6.45, 7) is 1.40. The molecule has 6 heteroatoms. The molecule has 6 nitrogen and oxygen atoms in total. The molecule has 1 fully saturated rings. The molecule has 0 aliphatic carbocycles. The molecular formula is C19H19N5O. The lowest BCUT2D eigenvalue weighted by atomic mass is 10.1. The maximum Gasteiger partial charge on any atom is 0.272 e. The van der Waals surface area contributed by atoms with Gasteiger partial charge in [0.1, 0.15) is 11.5 Å². The molecule has 2 aromatic heterocycles. The van der Waals surface area contributed by atoms with Crippen molar-refractivity contribution in [1.82, 2.24) is 24.4 Å². The van der Waals surface area contributed by atoms with Crippen LogP contribution in [0.3, 0.4) is 0 Å². The highest BCUT2D eigenvalue weighted by molar-refractivity contribution is 5.92. The van der Waals surface area contributed by atoms with Crippen molar-refractivity contribution < 1.29 is 4.79 Å². The highest BCUT2D eigenvalue weighted by Crippen LogP contribution is 2.26. The second kappa shape index (κ2) is 6.47. The lowest BCUT2D eigenvalue weighted by molar-refractivity contribution is 0.0784. The predicted octanol–water partition coefficient (Wildman–Crippen LogP) is 2.51. The first-order chi connectivity index (χ1) is 12.2. The van der Waals surface area contributed by atoms with Crippen LogP contribution >= 0.6 is 0 Å². The molecule has 0 bridgehead atoms. The quantitative estimate of drug-likeness (QED) is 0.739. The van der Waals surface area contributed by atoms with Crippen molar-refractivity contribution in [2.45, 2.75) is 12.3 Å². The molecule has 0 spiro atoms. The van der Waals surface area contributed by atoms with Gasteiger partial charge in [0.15, 0.2) is 5.82 Å². The Kier molecular flexibility index (Phi) is 4.01. The van der Waals surface area contributed by atoms with Gasteiger partial charge in [0.25, 0.3) is 5.91 Å². The Morgan fingerprint density at radius 3 is 2.72 bits per heavy atom. The van der Waals surface area contributed by atoms with Crippen LogP contribution in [0.2, 0.25) is 0 Å². The summed E-state index contributed by atoms with van der Waals surface area (Å²) in [5, 5.41) is 0. The van der Waals surface area contributed by atoms with Gasteiger partial charge in [-0.1, -0.05) is 30.3 Å². The van der Waals surface area contributed by atoms with Crippen LogP contribution in [0, 0.1) is 0 Å². The largest absolute Gasteiger partial charge is 0.338 e. The van der Waals surface area contributed by atoms with E-state index in [-0.39, 0.29) is 11.8 Å². The summed E-state index contributed by atoms with van der Waals surface area (Å²) < 4.78 is 2.02. The summed E-state index contributed by atoms with van der Waals surface area (Å²) in [6, 6.07) is 11.4. The molecule has 25 heavy (non-hydrogen) atoms. The number of aryl methyl sites for hydroxylation is 1. The maximum absolute atomic E-state index is 12.8. The van der Waals surface area contributed by atoms with E-state index in [9.17, 15) is 4.79 Å². The van der Waals surface area contributed by atoms with Crippen LogP contribution in [0.15, 0.2) is 55.0 Å². The molecule has 1 amide bonds. The van der Waals surface area contributed by atoms with Gasteiger partial charge in [-0.25, -0.2) is 15.0 Å². The van der Waals surface area contributed by atoms with E-state index in [0.29, 0.717) is 18.1 Å². The standard InChI is InChI=1S/C19H19N5O/c1-23-12-10-21-18(23)15-8-11-24(13-15)19(25)16-7-9-20-17(22-16)14-5-3-2-4-6-14/h2-7,9-10,12,15H,8,11,13H2,1H3. The number of rotatable bonds is 3. The minimum Gasteiger partial charge on any atom is -0.338 e. The third kappa shape index (κ3) is 3.03. The number of carbonyl (C=O) groups excluding carboxylic acids is 1. The normalized spacial score (nSPS) is 17.0. The molecule has 1 aliphatic heterocycles. The molecule has 0 N–H and O–H groups in total. The highest BCUT2D eigenvalue weighted by atomic mass is 16.2. The van der Waals surface area contributed by atoms with Gasteiger partial charge in [-0.05, 0) is 12.5 Å². The van der Waals surface area contributed by atoms with E-state index in [1.54, 1.807) is 18.5 Å². The molecule has 3 heterocycles. The predicted molar refractivity (Wildman–Crippen MR) is 93.9 cm³/mol. The van der Waals surface area contributed by atoms with E-state index in [1.807, 2.05) is 53.0 Å². The first-order valence-electron chi connectivity index (χ1n) is 8.37. The van der Waals surface area contributed by atoms with Gasteiger partial charge in [0.05, 0.1) is 0 Å². The first kappa shape index (κ1) is 15.5. The molecule has 1 atom stereocenters. The van der Waals surface area contributed by atoms with E-state index in [1.165, 1.54) is 0 Å². The molecule has 4 rings (SSSR count). The number of carbonyl (C=O) groups is 1. The van der Waals surface area contributed by atoms with Gasteiger partial charge < -0.3 is 9.47 Å². The average molecular weight is 333 g/mol. The number of nitrogens with zero attached hydrogens (tertiary/aromatic N) is 5. The summed E-state index contributed by atoms with van der Waals surface area (Å²) in [7, 11) is 1.99. The van der Waals surface area contributed by atoms with E-state index >= 15 is 0 Å². The van der Waals surface area contributed by atoms with Crippen LogP contribution in [-0.4, -0.2) is 43.4 Å². The fourth-order valence-electron chi connectivity index (χ4n) is 3.29. The van der Waals surface area contributed by atoms with Crippen LogP contribution in [-0.2, 0) is 7.05 Å². The summed E-state index contributed by atoms with van der Waals surface area (Å²) in [6.07, 6.45) is 6.31. The first-order valence-corrected chi connectivity index (χ1v) is 8.37. The SMILES string of the molecule is Cn1ccnc1C1CCN(C(=O)c2ccnc(-c3ccccc3)n2)C1. The second-order valence-corrected chi connectivity index (χ2v) is 6.26. The van der Waals surface area contributed by atoms with Crippen molar-refractivity contribution >= 4 is 5.91 Å². The lowest BCUT2D eigenvalue weighted by Crippen LogP contribution is -2.29. The number of aromatic nitrogens is 4. The molecular weight excluding hydrogens is 314 g/mol. The van der Waals surface area contributed by atoms with Crippen molar-refractivity contribution in [2.24, 2.45) is 7.05 Å². The Balaban J connectivity index is 1.53. The molecule has 126 valence electrons. The van der Waals surface area contributed by atoms with E-state index < -0.39 is 0 Å². The summed E-state index contributed by atoms with van der Waals surface area (Å²) in [5.74, 6) is 1.84.